The molecule has 0 saturated heterocycles. The van der Waals surface area contributed by atoms with Crippen LogP contribution in [0.3, 0.4) is 0 Å². The van der Waals surface area contributed by atoms with Crippen LogP contribution >= 0.6 is 12.2 Å². The summed E-state index contributed by atoms with van der Waals surface area (Å²) in [5.41, 5.74) is 0.0741. The first kappa shape index (κ1) is 6.88. The summed E-state index contributed by atoms with van der Waals surface area (Å²) in [7, 11) is 0. The van der Waals surface area contributed by atoms with Crippen LogP contribution in [0.5, 0.6) is 0 Å². The lowest BCUT2D eigenvalue weighted by Crippen LogP contribution is -1.98. The van der Waals surface area contributed by atoms with Gasteiger partial charge < -0.3 is 5.11 Å². The number of hydrogen-bond acceptors (Lipinski definition) is 3. The van der Waals surface area contributed by atoms with Crippen molar-refractivity contribution < 1.29 is 9.90 Å². The highest BCUT2D eigenvalue weighted by Crippen LogP contribution is 1.95. The molecule has 1 aromatic rings. The van der Waals surface area contributed by atoms with E-state index >= 15 is 0 Å². The summed E-state index contributed by atoms with van der Waals surface area (Å²) in [5.74, 6) is -1.04. The first-order valence-electron chi connectivity index (χ1n) is 2.49. The standard InChI is InChI=1S/C5H4N2O2S/c8-5(9)3-1-2-6-7-4(3)10/h1-2H,(H,7,10)(H,8,9). The number of nitrogens with one attached hydrogen (secondary N) is 1. The lowest BCUT2D eigenvalue weighted by molar-refractivity contribution is 0.0695. The van der Waals surface area contributed by atoms with Crippen molar-refractivity contribution in [1.29, 1.82) is 0 Å². The number of carboxylic acids is 1. The third-order valence-electron chi connectivity index (χ3n) is 0.957. The van der Waals surface area contributed by atoms with Gasteiger partial charge in [-0.05, 0) is 6.07 Å². The summed E-state index contributed by atoms with van der Waals surface area (Å²) in [6, 6.07) is 1.35. The van der Waals surface area contributed by atoms with Gasteiger partial charge in [-0.1, -0.05) is 12.2 Å². The lowest BCUT2D eigenvalue weighted by Gasteiger charge is -1.89. The molecule has 0 unspecified atom stereocenters. The molecule has 0 amide bonds. The van der Waals surface area contributed by atoms with Crippen LogP contribution in [0.2, 0.25) is 0 Å². The number of aromatic nitrogens is 2. The number of aromatic amines is 1. The first-order valence-corrected chi connectivity index (χ1v) is 2.89. The lowest BCUT2D eigenvalue weighted by atomic mass is 10.3. The van der Waals surface area contributed by atoms with Crippen molar-refractivity contribution in [2.75, 3.05) is 0 Å². The molecule has 0 spiro atoms. The minimum absolute atomic E-state index is 0.0741. The van der Waals surface area contributed by atoms with E-state index in [1.54, 1.807) is 0 Å². The fraction of sp³-hybridized carbons (Fsp3) is 0. The molecule has 0 aliphatic carbocycles. The average Bonchev–Trinajstić information content (AvgIpc) is 1.88. The Labute approximate surface area is 61.5 Å². The minimum Gasteiger partial charge on any atom is -0.478 e. The zero-order chi connectivity index (χ0) is 7.56. The molecule has 52 valence electrons. The fourth-order valence-electron chi connectivity index (χ4n) is 0.512. The third kappa shape index (κ3) is 1.19. The van der Waals surface area contributed by atoms with Crippen LogP contribution in [0.15, 0.2) is 12.3 Å². The highest BCUT2D eigenvalue weighted by atomic mass is 32.1. The first-order chi connectivity index (χ1) is 4.72. The second-order valence-corrected chi connectivity index (χ2v) is 2.01. The van der Waals surface area contributed by atoms with Crippen LogP contribution in [0.1, 0.15) is 10.4 Å². The highest BCUT2D eigenvalue weighted by molar-refractivity contribution is 7.71. The molecule has 0 bridgehead atoms. The number of hydrogen-bond donors (Lipinski definition) is 2. The Bertz CT molecular complexity index is 307. The maximum atomic E-state index is 10.3. The number of H-pyrrole nitrogens is 1. The van der Waals surface area contributed by atoms with Crippen molar-refractivity contribution >= 4 is 18.2 Å². The molecule has 1 aromatic heterocycles. The van der Waals surface area contributed by atoms with E-state index in [0.717, 1.165) is 0 Å². The summed E-state index contributed by atoms with van der Waals surface area (Å²) in [5, 5.41) is 14.4. The normalized spacial score (nSPS) is 9.20. The number of carboxylic acid groups (broad SMARTS) is 1. The summed E-state index contributed by atoms with van der Waals surface area (Å²) in [6.45, 7) is 0. The molecule has 0 radical (unpaired) electrons. The van der Waals surface area contributed by atoms with Crippen LogP contribution in [0.25, 0.3) is 0 Å². The van der Waals surface area contributed by atoms with Gasteiger partial charge in [0.05, 0.1) is 5.56 Å². The zero-order valence-electron chi connectivity index (χ0n) is 4.87. The number of aromatic carboxylic acids is 1. The topological polar surface area (TPSA) is 66.0 Å². The average molecular weight is 156 g/mol. The van der Waals surface area contributed by atoms with Gasteiger partial charge in [0.1, 0.15) is 4.64 Å². The van der Waals surface area contributed by atoms with Crippen molar-refractivity contribution in [2.24, 2.45) is 0 Å². The van der Waals surface area contributed by atoms with Gasteiger partial charge in [0.25, 0.3) is 0 Å². The van der Waals surface area contributed by atoms with E-state index in [1.807, 2.05) is 0 Å². The number of rotatable bonds is 1. The third-order valence-corrected chi connectivity index (χ3v) is 1.27. The van der Waals surface area contributed by atoms with Gasteiger partial charge in [-0.25, -0.2) is 4.79 Å². The van der Waals surface area contributed by atoms with E-state index in [4.69, 9.17) is 5.11 Å². The Hall–Kier alpha value is -1.23. The van der Waals surface area contributed by atoms with Crippen LogP contribution in [0.4, 0.5) is 0 Å². The molecule has 1 heterocycles. The van der Waals surface area contributed by atoms with Gasteiger partial charge in [-0.15, -0.1) is 0 Å². The Kier molecular flexibility index (Phi) is 1.77. The molecule has 2 N–H and O–H groups in total. The Balaban J connectivity index is 3.29. The monoisotopic (exact) mass is 156 g/mol. The molecular formula is C5H4N2O2S. The van der Waals surface area contributed by atoms with E-state index in [1.165, 1.54) is 12.3 Å². The Morgan fingerprint density at radius 3 is 2.90 bits per heavy atom. The van der Waals surface area contributed by atoms with E-state index in [2.05, 4.69) is 22.4 Å². The molecule has 0 fully saturated rings. The molecule has 4 nitrogen and oxygen atoms in total. The molecule has 1 rings (SSSR count). The molecular weight excluding hydrogens is 152 g/mol. The van der Waals surface area contributed by atoms with Gasteiger partial charge in [-0.2, -0.15) is 5.10 Å². The van der Waals surface area contributed by atoms with Crippen molar-refractivity contribution in [3.05, 3.63) is 22.5 Å². The van der Waals surface area contributed by atoms with Crippen LogP contribution < -0.4 is 0 Å². The highest BCUT2D eigenvalue weighted by Gasteiger charge is 2.02. The molecule has 5 heteroatoms. The Morgan fingerprint density at radius 1 is 1.80 bits per heavy atom. The van der Waals surface area contributed by atoms with Gasteiger partial charge >= 0.3 is 5.97 Å². The summed E-state index contributed by atoms with van der Waals surface area (Å²) >= 11 is 4.63. The van der Waals surface area contributed by atoms with Crippen LogP contribution in [-0.2, 0) is 0 Å². The molecule has 10 heavy (non-hydrogen) atoms. The molecule has 0 aromatic carbocycles. The molecule has 0 saturated carbocycles. The minimum atomic E-state index is -1.04. The number of nitrogens with zero attached hydrogens (tertiary/aromatic N) is 1. The Morgan fingerprint density at radius 2 is 2.50 bits per heavy atom. The van der Waals surface area contributed by atoms with E-state index in [-0.39, 0.29) is 10.2 Å². The van der Waals surface area contributed by atoms with E-state index < -0.39 is 5.97 Å². The maximum Gasteiger partial charge on any atom is 0.338 e. The van der Waals surface area contributed by atoms with Gasteiger partial charge in [0, 0.05) is 6.20 Å². The fourth-order valence-corrected chi connectivity index (χ4v) is 0.720. The SMILES string of the molecule is O=C(O)c1ccn[nH]c1=S. The van der Waals surface area contributed by atoms with E-state index in [0.29, 0.717) is 0 Å². The predicted octanol–water partition coefficient (Wildman–Crippen LogP) is 0.837. The second kappa shape index (κ2) is 2.57. The molecule has 0 atom stereocenters. The van der Waals surface area contributed by atoms with Crippen molar-refractivity contribution in [1.82, 2.24) is 10.2 Å². The van der Waals surface area contributed by atoms with Gasteiger partial charge in [0.2, 0.25) is 0 Å². The molecule has 0 aliphatic heterocycles. The van der Waals surface area contributed by atoms with Crippen LogP contribution in [0, 0.1) is 4.64 Å². The van der Waals surface area contributed by atoms with Crippen molar-refractivity contribution in [3.63, 3.8) is 0 Å². The maximum absolute atomic E-state index is 10.3. The van der Waals surface area contributed by atoms with E-state index in [9.17, 15) is 4.79 Å². The summed E-state index contributed by atoms with van der Waals surface area (Å²) in [4.78, 5) is 10.3. The largest absolute Gasteiger partial charge is 0.478 e. The predicted molar refractivity (Wildman–Crippen MR) is 36.4 cm³/mol. The zero-order valence-corrected chi connectivity index (χ0v) is 5.68. The second-order valence-electron chi connectivity index (χ2n) is 1.60. The number of carbonyl (C=O) groups is 1. The van der Waals surface area contributed by atoms with Gasteiger partial charge in [0.15, 0.2) is 0 Å². The van der Waals surface area contributed by atoms with Crippen molar-refractivity contribution in [3.8, 4) is 0 Å². The quantitative estimate of drug-likeness (QED) is 0.591. The van der Waals surface area contributed by atoms with Crippen LogP contribution in [-0.4, -0.2) is 21.3 Å². The molecule has 0 aliphatic rings. The van der Waals surface area contributed by atoms with Gasteiger partial charge in [-0.3, -0.25) is 5.10 Å². The smallest absolute Gasteiger partial charge is 0.338 e. The summed E-state index contributed by atoms with van der Waals surface area (Å²) < 4.78 is 0.148. The summed E-state index contributed by atoms with van der Waals surface area (Å²) in [6.07, 6.45) is 1.35. The van der Waals surface area contributed by atoms with Crippen molar-refractivity contribution in [2.45, 2.75) is 0 Å².